The molecule has 1 aromatic heterocycles. The van der Waals surface area contributed by atoms with Gasteiger partial charge in [0, 0.05) is 13.6 Å². The van der Waals surface area contributed by atoms with Crippen molar-refractivity contribution < 1.29 is 18.3 Å². The molecule has 1 fully saturated rings. The van der Waals surface area contributed by atoms with Crippen LogP contribution in [0.4, 0.5) is 0 Å². The summed E-state index contributed by atoms with van der Waals surface area (Å²) >= 11 is 0.800. The normalized spacial score (nSPS) is 16.8. The molecule has 0 spiro atoms. The molecule has 0 radical (unpaired) electrons. The standard InChI is InChI=1S/C11H15NO4S2/c1-12(7-8-3-2-4-8)18(15,16)10-6-5-9(17-10)11(13)14/h5-6,8H,2-4,7H2,1H3,(H,13,14). The average Bonchev–Trinajstić information content (AvgIpc) is 2.72. The summed E-state index contributed by atoms with van der Waals surface area (Å²) in [5.74, 6) is -0.647. The van der Waals surface area contributed by atoms with E-state index in [2.05, 4.69) is 0 Å². The highest BCUT2D eigenvalue weighted by molar-refractivity contribution is 7.91. The molecule has 1 aromatic rings. The largest absolute Gasteiger partial charge is 0.477 e. The minimum Gasteiger partial charge on any atom is -0.477 e. The molecule has 0 atom stereocenters. The predicted molar refractivity (Wildman–Crippen MR) is 68.4 cm³/mol. The van der Waals surface area contributed by atoms with Crippen LogP contribution < -0.4 is 0 Å². The van der Waals surface area contributed by atoms with Gasteiger partial charge in [0.1, 0.15) is 9.09 Å². The van der Waals surface area contributed by atoms with Crippen molar-refractivity contribution in [1.29, 1.82) is 0 Å². The first-order valence-electron chi connectivity index (χ1n) is 5.70. The Morgan fingerprint density at radius 2 is 2.17 bits per heavy atom. The Morgan fingerprint density at radius 1 is 1.50 bits per heavy atom. The van der Waals surface area contributed by atoms with Crippen LogP contribution in [0.2, 0.25) is 0 Å². The maximum Gasteiger partial charge on any atom is 0.345 e. The number of hydrogen-bond donors (Lipinski definition) is 1. The smallest absolute Gasteiger partial charge is 0.345 e. The van der Waals surface area contributed by atoms with E-state index in [4.69, 9.17) is 5.11 Å². The highest BCUT2D eigenvalue weighted by Crippen LogP contribution is 2.30. The third kappa shape index (κ3) is 2.57. The van der Waals surface area contributed by atoms with Crippen LogP contribution in [0.25, 0.3) is 0 Å². The molecule has 0 unspecified atom stereocenters. The predicted octanol–water partition coefficient (Wildman–Crippen LogP) is 1.87. The fourth-order valence-corrected chi connectivity index (χ4v) is 4.47. The number of aromatic carboxylic acids is 1. The first kappa shape index (κ1) is 13.5. The van der Waals surface area contributed by atoms with E-state index in [1.165, 1.54) is 22.9 Å². The lowest BCUT2D eigenvalue weighted by Crippen LogP contribution is -2.33. The molecule has 0 amide bonds. The zero-order chi connectivity index (χ0) is 13.3. The molecule has 2 rings (SSSR count). The Kier molecular flexibility index (Phi) is 3.74. The molecule has 18 heavy (non-hydrogen) atoms. The summed E-state index contributed by atoms with van der Waals surface area (Å²) < 4.78 is 25.8. The van der Waals surface area contributed by atoms with Gasteiger partial charge in [0.25, 0.3) is 10.0 Å². The molecule has 5 nitrogen and oxygen atoms in total. The second kappa shape index (κ2) is 4.99. The maximum absolute atomic E-state index is 12.2. The SMILES string of the molecule is CN(CC1CCC1)S(=O)(=O)c1ccc(C(=O)O)s1. The summed E-state index contributed by atoms with van der Waals surface area (Å²) in [6.45, 7) is 0.517. The van der Waals surface area contributed by atoms with Gasteiger partial charge < -0.3 is 5.11 Å². The monoisotopic (exact) mass is 289 g/mol. The lowest BCUT2D eigenvalue weighted by Gasteiger charge is -2.29. The number of rotatable bonds is 5. The van der Waals surface area contributed by atoms with E-state index in [-0.39, 0.29) is 9.09 Å². The number of sulfonamides is 1. The number of nitrogens with zero attached hydrogens (tertiary/aromatic N) is 1. The van der Waals surface area contributed by atoms with E-state index in [0.717, 1.165) is 24.2 Å². The Bertz CT molecular complexity index is 545. The quantitative estimate of drug-likeness (QED) is 0.898. The van der Waals surface area contributed by atoms with E-state index < -0.39 is 16.0 Å². The molecule has 1 aliphatic carbocycles. The van der Waals surface area contributed by atoms with Crippen molar-refractivity contribution in [3.8, 4) is 0 Å². The second-order valence-electron chi connectivity index (χ2n) is 4.51. The van der Waals surface area contributed by atoms with E-state index in [1.54, 1.807) is 7.05 Å². The van der Waals surface area contributed by atoms with E-state index in [9.17, 15) is 13.2 Å². The molecule has 7 heteroatoms. The van der Waals surface area contributed by atoms with Crippen LogP contribution in [0.15, 0.2) is 16.3 Å². The van der Waals surface area contributed by atoms with Gasteiger partial charge in [-0.25, -0.2) is 13.2 Å². The van der Waals surface area contributed by atoms with Gasteiger partial charge in [0.2, 0.25) is 0 Å². The zero-order valence-electron chi connectivity index (χ0n) is 10.00. The fourth-order valence-electron chi connectivity index (χ4n) is 1.86. The van der Waals surface area contributed by atoms with Crippen molar-refractivity contribution in [2.75, 3.05) is 13.6 Å². The lowest BCUT2D eigenvalue weighted by atomic mass is 9.86. The molecule has 1 N–H and O–H groups in total. The third-order valence-corrected chi connectivity index (χ3v) is 6.56. The van der Waals surface area contributed by atoms with Crippen molar-refractivity contribution in [3.05, 3.63) is 17.0 Å². The molecule has 1 heterocycles. The Labute approximate surface area is 110 Å². The van der Waals surface area contributed by atoms with Crippen molar-refractivity contribution in [1.82, 2.24) is 4.31 Å². The van der Waals surface area contributed by atoms with E-state index in [0.29, 0.717) is 12.5 Å². The summed E-state index contributed by atoms with van der Waals surface area (Å²) in [5, 5.41) is 8.80. The molecule has 0 aliphatic heterocycles. The number of thiophene rings is 1. The number of carboxylic acid groups (broad SMARTS) is 1. The lowest BCUT2D eigenvalue weighted by molar-refractivity contribution is 0.0702. The van der Waals surface area contributed by atoms with Gasteiger partial charge in [-0.05, 0) is 30.9 Å². The minimum absolute atomic E-state index is 0.0469. The number of hydrogen-bond acceptors (Lipinski definition) is 4. The number of carboxylic acids is 1. The van der Waals surface area contributed by atoms with Gasteiger partial charge in [0.15, 0.2) is 0 Å². The number of carbonyl (C=O) groups is 1. The molecular weight excluding hydrogens is 274 g/mol. The molecule has 100 valence electrons. The molecule has 1 saturated carbocycles. The van der Waals surface area contributed by atoms with Gasteiger partial charge in [-0.1, -0.05) is 6.42 Å². The summed E-state index contributed by atoms with van der Waals surface area (Å²) in [6.07, 6.45) is 3.32. The van der Waals surface area contributed by atoms with Gasteiger partial charge in [0.05, 0.1) is 0 Å². The summed E-state index contributed by atoms with van der Waals surface area (Å²) in [5.41, 5.74) is 0. The van der Waals surface area contributed by atoms with Crippen LogP contribution in [0.3, 0.4) is 0 Å². The maximum atomic E-state index is 12.2. The second-order valence-corrected chi connectivity index (χ2v) is 7.86. The molecular formula is C11H15NO4S2. The van der Waals surface area contributed by atoms with Crippen LogP contribution in [-0.2, 0) is 10.0 Å². The third-order valence-electron chi connectivity index (χ3n) is 3.20. The molecule has 0 bridgehead atoms. The topological polar surface area (TPSA) is 74.7 Å². The summed E-state index contributed by atoms with van der Waals surface area (Å²) in [4.78, 5) is 10.8. The van der Waals surface area contributed by atoms with Crippen LogP contribution in [0, 0.1) is 5.92 Å². The minimum atomic E-state index is -3.53. The highest BCUT2D eigenvalue weighted by atomic mass is 32.2. The Balaban J connectivity index is 2.15. The fraction of sp³-hybridized carbons (Fsp3) is 0.545. The summed E-state index contributed by atoms with van der Waals surface area (Å²) in [6, 6.07) is 2.69. The van der Waals surface area contributed by atoms with Crippen molar-refractivity contribution in [2.24, 2.45) is 5.92 Å². The van der Waals surface area contributed by atoms with E-state index >= 15 is 0 Å². The van der Waals surface area contributed by atoms with Crippen molar-refractivity contribution in [2.45, 2.75) is 23.5 Å². The Morgan fingerprint density at radius 3 is 2.61 bits per heavy atom. The van der Waals surface area contributed by atoms with Gasteiger partial charge in [-0.15, -0.1) is 11.3 Å². The molecule has 0 aromatic carbocycles. The van der Waals surface area contributed by atoms with Gasteiger partial charge >= 0.3 is 5.97 Å². The van der Waals surface area contributed by atoms with Gasteiger partial charge in [-0.3, -0.25) is 0 Å². The highest BCUT2D eigenvalue weighted by Gasteiger charge is 2.28. The van der Waals surface area contributed by atoms with Crippen LogP contribution in [-0.4, -0.2) is 37.4 Å². The van der Waals surface area contributed by atoms with Crippen molar-refractivity contribution in [3.63, 3.8) is 0 Å². The molecule has 0 saturated heterocycles. The van der Waals surface area contributed by atoms with Crippen molar-refractivity contribution >= 4 is 27.3 Å². The average molecular weight is 289 g/mol. The van der Waals surface area contributed by atoms with Crippen LogP contribution in [0.1, 0.15) is 28.9 Å². The first-order valence-corrected chi connectivity index (χ1v) is 7.96. The van der Waals surface area contributed by atoms with E-state index in [1.807, 2.05) is 0 Å². The zero-order valence-corrected chi connectivity index (χ0v) is 11.6. The summed E-state index contributed by atoms with van der Waals surface area (Å²) in [7, 11) is -1.99. The molecule has 1 aliphatic rings. The van der Waals surface area contributed by atoms with Gasteiger partial charge in [-0.2, -0.15) is 4.31 Å². The van der Waals surface area contributed by atoms with Crippen LogP contribution >= 0.6 is 11.3 Å². The van der Waals surface area contributed by atoms with Crippen LogP contribution in [0.5, 0.6) is 0 Å². The Hall–Kier alpha value is -0.920. The first-order chi connectivity index (χ1) is 8.41.